The van der Waals surface area contributed by atoms with Crippen molar-refractivity contribution in [1.29, 1.82) is 0 Å². The Morgan fingerprint density at radius 2 is 2.29 bits per heavy atom. The van der Waals surface area contributed by atoms with Crippen molar-refractivity contribution >= 4 is 0 Å². The lowest BCUT2D eigenvalue weighted by atomic mass is 10.0. The smallest absolute Gasteiger partial charge is 0.0308 e. The highest BCUT2D eigenvalue weighted by molar-refractivity contribution is 5.09. The van der Waals surface area contributed by atoms with Crippen LogP contribution in [0.2, 0.25) is 0 Å². The molecule has 0 aromatic rings. The van der Waals surface area contributed by atoms with E-state index in [2.05, 4.69) is 30.6 Å². The second-order valence-electron chi connectivity index (χ2n) is 4.50. The molecule has 1 rings (SSSR count). The van der Waals surface area contributed by atoms with Gasteiger partial charge >= 0.3 is 0 Å². The van der Waals surface area contributed by atoms with E-state index in [1.807, 2.05) is 7.05 Å². The summed E-state index contributed by atoms with van der Waals surface area (Å²) in [5.41, 5.74) is 1.41. The second kappa shape index (κ2) is 5.52. The van der Waals surface area contributed by atoms with E-state index in [9.17, 15) is 0 Å². The molecule has 0 spiro atoms. The number of nitrogens with zero attached hydrogens (tertiary/aromatic N) is 1. The first kappa shape index (κ1) is 11.7. The molecule has 1 aliphatic rings. The van der Waals surface area contributed by atoms with Crippen LogP contribution in [0.25, 0.3) is 0 Å². The second-order valence-corrected chi connectivity index (χ2v) is 4.50. The summed E-state index contributed by atoms with van der Waals surface area (Å²) in [6, 6.07) is 1.30. The molecule has 2 heteroatoms. The van der Waals surface area contributed by atoms with Gasteiger partial charge in [0.05, 0.1) is 0 Å². The first-order valence-corrected chi connectivity index (χ1v) is 5.74. The van der Waals surface area contributed by atoms with Crippen LogP contribution < -0.4 is 5.32 Å². The van der Waals surface area contributed by atoms with Crippen LogP contribution in [0.3, 0.4) is 0 Å². The van der Waals surface area contributed by atoms with Gasteiger partial charge in [0.25, 0.3) is 0 Å². The van der Waals surface area contributed by atoms with Crippen LogP contribution in [0.4, 0.5) is 0 Å². The Morgan fingerprint density at radius 1 is 1.57 bits per heavy atom. The molecule has 0 aliphatic carbocycles. The third-order valence-corrected chi connectivity index (χ3v) is 3.12. The molecule has 82 valence electrons. The summed E-state index contributed by atoms with van der Waals surface area (Å²) >= 11 is 0. The molecule has 1 unspecified atom stereocenters. The molecule has 0 aromatic heterocycles. The average Bonchev–Trinajstić information content (AvgIpc) is 2.62. The summed E-state index contributed by atoms with van der Waals surface area (Å²) in [4.78, 5) is 2.58. The molecule has 0 aromatic carbocycles. The summed E-state index contributed by atoms with van der Waals surface area (Å²) in [7, 11) is 2.00. The summed E-state index contributed by atoms with van der Waals surface area (Å²) in [5, 5.41) is 3.19. The predicted octanol–water partition coefficient (Wildman–Crippen LogP) is 2.02. The van der Waals surface area contributed by atoms with Crippen LogP contribution in [0, 0.1) is 0 Å². The fourth-order valence-electron chi connectivity index (χ4n) is 2.30. The van der Waals surface area contributed by atoms with Gasteiger partial charge in [0.1, 0.15) is 0 Å². The van der Waals surface area contributed by atoms with Crippen LogP contribution in [-0.4, -0.2) is 37.1 Å². The third kappa shape index (κ3) is 2.82. The number of likely N-dealkylation sites (tertiary alicyclic amines) is 1. The average molecular weight is 196 g/mol. The van der Waals surface area contributed by atoms with E-state index in [1.165, 1.54) is 25.0 Å². The van der Waals surface area contributed by atoms with Crippen molar-refractivity contribution in [1.82, 2.24) is 10.2 Å². The van der Waals surface area contributed by atoms with Crippen molar-refractivity contribution in [3.63, 3.8) is 0 Å². The number of rotatable bonds is 5. The maximum Gasteiger partial charge on any atom is 0.0308 e. The lowest BCUT2D eigenvalue weighted by molar-refractivity contribution is 0.224. The highest BCUT2D eigenvalue weighted by Crippen LogP contribution is 2.26. The van der Waals surface area contributed by atoms with E-state index in [0.29, 0.717) is 12.1 Å². The molecule has 1 heterocycles. The quantitative estimate of drug-likeness (QED) is 0.677. The number of hydrogen-bond donors (Lipinski definition) is 1. The number of hydrogen-bond acceptors (Lipinski definition) is 2. The SMILES string of the molecule is C=C(CCNC)C1CCCN1C(C)C. The Morgan fingerprint density at radius 3 is 2.86 bits per heavy atom. The zero-order chi connectivity index (χ0) is 10.6. The van der Waals surface area contributed by atoms with E-state index in [4.69, 9.17) is 0 Å². The fourth-order valence-corrected chi connectivity index (χ4v) is 2.30. The highest BCUT2D eigenvalue weighted by atomic mass is 15.2. The maximum absolute atomic E-state index is 4.23. The van der Waals surface area contributed by atoms with E-state index >= 15 is 0 Å². The van der Waals surface area contributed by atoms with Gasteiger partial charge in [0.15, 0.2) is 0 Å². The summed E-state index contributed by atoms with van der Waals surface area (Å²) in [6.07, 6.45) is 3.76. The third-order valence-electron chi connectivity index (χ3n) is 3.12. The number of nitrogens with one attached hydrogen (secondary N) is 1. The van der Waals surface area contributed by atoms with E-state index in [1.54, 1.807) is 0 Å². The van der Waals surface area contributed by atoms with E-state index in [0.717, 1.165) is 13.0 Å². The molecule has 1 N–H and O–H groups in total. The van der Waals surface area contributed by atoms with Crippen molar-refractivity contribution in [3.05, 3.63) is 12.2 Å². The van der Waals surface area contributed by atoms with Crippen molar-refractivity contribution in [2.45, 2.75) is 45.2 Å². The molecule has 1 atom stereocenters. The van der Waals surface area contributed by atoms with Gasteiger partial charge in [-0.05, 0) is 53.2 Å². The van der Waals surface area contributed by atoms with Gasteiger partial charge in [-0.25, -0.2) is 0 Å². The minimum absolute atomic E-state index is 0.642. The minimum atomic E-state index is 0.642. The molecule has 1 saturated heterocycles. The minimum Gasteiger partial charge on any atom is -0.319 e. The van der Waals surface area contributed by atoms with Crippen LogP contribution in [-0.2, 0) is 0 Å². The van der Waals surface area contributed by atoms with E-state index < -0.39 is 0 Å². The molecule has 0 bridgehead atoms. The molecule has 1 fully saturated rings. The van der Waals surface area contributed by atoms with Gasteiger partial charge < -0.3 is 5.32 Å². The maximum atomic E-state index is 4.23. The molecular formula is C12H24N2. The van der Waals surface area contributed by atoms with Gasteiger partial charge in [-0.2, -0.15) is 0 Å². The lowest BCUT2D eigenvalue weighted by Gasteiger charge is -2.29. The van der Waals surface area contributed by atoms with Crippen molar-refractivity contribution in [3.8, 4) is 0 Å². The normalized spacial score (nSPS) is 23.3. The largest absolute Gasteiger partial charge is 0.319 e. The van der Waals surface area contributed by atoms with Gasteiger partial charge in [-0.3, -0.25) is 4.90 Å². The van der Waals surface area contributed by atoms with Crippen molar-refractivity contribution in [2.75, 3.05) is 20.1 Å². The Hall–Kier alpha value is -0.340. The standard InChI is InChI=1S/C12H24N2/c1-10(2)14-9-5-6-12(14)11(3)7-8-13-4/h10,12-13H,3,5-9H2,1-2,4H3. The molecule has 0 amide bonds. The molecule has 1 aliphatic heterocycles. The summed E-state index contributed by atoms with van der Waals surface area (Å²) in [6.45, 7) is 11.1. The van der Waals surface area contributed by atoms with Gasteiger partial charge in [0, 0.05) is 12.1 Å². The predicted molar refractivity (Wildman–Crippen MR) is 62.5 cm³/mol. The van der Waals surface area contributed by atoms with Crippen LogP contribution in [0.15, 0.2) is 12.2 Å². The molecule has 14 heavy (non-hydrogen) atoms. The molecule has 2 nitrogen and oxygen atoms in total. The Labute approximate surface area is 88.4 Å². The first-order valence-electron chi connectivity index (χ1n) is 5.74. The first-order chi connectivity index (χ1) is 6.66. The molecule has 0 radical (unpaired) electrons. The lowest BCUT2D eigenvalue weighted by Crippen LogP contribution is -2.36. The van der Waals surface area contributed by atoms with Crippen molar-refractivity contribution in [2.24, 2.45) is 0 Å². The Bertz CT molecular complexity index is 187. The zero-order valence-electron chi connectivity index (χ0n) is 9.84. The van der Waals surface area contributed by atoms with Crippen LogP contribution in [0.5, 0.6) is 0 Å². The van der Waals surface area contributed by atoms with Crippen LogP contribution >= 0.6 is 0 Å². The van der Waals surface area contributed by atoms with E-state index in [-0.39, 0.29) is 0 Å². The fraction of sp³-hybridized carbons (Fsp3) is 0.833. The zero-order valence-corrected chi connectivity index (χ0v) is 9.84. The van der Waals surface area contributed by atoms with Gasteiger partial charge in [-0.15, -0.1) is 0 Å². The van der Waals surface area contributed by atoms with Gasteiger partial charge in [-0.1, -0.05) is 12.2 Å². The van der Waals surface area contributed by atoms with Crippen LogP contribution in [0.1, 0.15) is 33.1 Å². The van der Waals surface area contributed by atoms with Crippen molar-refractivity contribution < 1.29 is 0 Å². The van der Waals surface area contributed by atoms with Gasteiger partial charge in [0.2, 0.25) is 0 Å². The topological polar surface area (TPSA) is 15.3 Å². The monoisotopic (exact) mass is 196 g/mol. The summed E-state index contributed by atoms with van der Waals surface area (Å²) < 4.78 is 0. The summed E-state index contributed by atoms with van der Waals surface area (Å²) in [5.74, 6) is 0. The Balaban J connectivity index is 2.45. The Kier molecular flexibility index (Phi) is 4.63. The molecule has 0 saturated carbocycles. The molecular weight excluding hydrogens is 172 g/mol. The highest BCUT2D eigenvalue weighted by Gasteiger charge is 2.27.